The highest BCUT2D eigenvalue weighted by Gasteiger charge is 2.24. The van der Waals surface area contributed by atoms with Crippen LogP contribution in [0.5, 0.6) is 0 Å². The summed E-state index contributed by atoms with van der Waals surface area (Å²) in [7, 11) is 1.62. The van der Waals surface area contributed by atoms with Crippen LogP contribution in [0.1, 0.15) is 16.8 Å². The van der Waals surface area contributed by atoms with Crippen molar-refractivity contribution < 1.29 is 4.39 Å². The molecule has 31 heavy (non-hydrogen) atoms. The molecular weight excluding hydrogens is 419 g/mol. The molecule has 2 aromatic heterocycles. The number of terminal acetylenes is 1. The maximum atomic E-state index is 15.2. The Morgan fingerprint density at radius 1 is 1.35 bits per heavy atom. The van der Waals surface area contributed by atoms with E-state index in [4.69, 9.17) is 23.8 Å². The molecule has 3 N–H and O–H groups in total. The second-order valence-electron chi connectivity index (χ2n) is 6.72. The van der Waals surface area contributed by atoms with Crippen molar-refractivity contribution in [2.75, 3.05) is 0 Å². The third kappa shape index (κ3) is 3.15. The zero-order valence-electron chi connectivity index (χ0n) is 16.2. The smallest absolute Gasteiger partial charge is 0.272 e. The minimum absolute atomic E-state index is 0.0178. The molecule has 0 bridgehead atoms. The fourth-order valence-corrected chi connectivity index (χ4v) is 3.77. The Hall–Kier alpha value is -3.98. The van der Waals surface area contributed by atoms with Gasteiger partial charge in [0.05, 0.1) is 39.1 Å². The van der Waals surface area contributed by atoms with Crippen LogP contribution in [-0.4, -0.2) is 20.0 Å². The van der Waals surface area contributed by atoms with Crippen LogP contribution < -0.4 is 11.3 Å². The number of hydrogen-bond acceptors (Lipinski definition) is 5. The van der Waals surface area contributed by atoms with Crippen molar-refractivity contribution in [1.29, 1.82) is 5.26 Å². The molecule has 0 radical (unpaired) electrons. The fourth-order valence-electron chi connectivity index (χ4n) is 3.57. The van der Waals surface area contributed by atoms with Gasteiger partial charge in [0, 0.05) is 30.1 Å². The van der Waals surface area contributed by atoms with Crippen LogP contribution in [0.2, 0.25) is 5.02 Å². The average molecular weight is 433 g/mol. The number of hydrogen-bond donors (Lipinski definition) is 2. The highest BCUT2D eigenvalue weighted by atomic mass is 35.5. The largest absolute Gasteiger partial charge is 0.325 e. The number of benzene rings is 2. The highest BCUT2D eigenvalue weighted by Crippen LogP contribution is 2.39. The van der Waals surface area contributed by atoms with Crippen molar-refractivity contribution in [2.24, 2.45) is 12.8 Å². The van der Waals surface area contributed by atoms with Crippen LogP contribution in [0.3, 0.4) is 0 Å². The molecule has 4 aromatic rings. The number of rotatable bonds is 3. The number of halogens is 2. The SMILES string of the molecule is C#Cc1cc(Cl)c(F)c(-c2c(-c3ccc4c(=O)[nH]nc(CN)c4c3)cnn2C)c1C#N. The van der Waals surface area contributed by atoms with Gasteiger partial charge in [-0.3, -0.25) is 9.48 Å². The van der Waals surface area contributed by atoms with Gasteiger partial charge < -0.3 is 5.73 Å². The van der Waals surface area contributed by atoms with Crippen molar-refractivity contribution in [1.82, 2.24) is 20.0 Å². The Labute approximate surface area is 180 Å². The molecule has 9 heteroatoms. The lowest BCUT2D eigenvalue weighted by molar-refractivity contribution is 0.628. The minimum Gasteiger partial charge on any atom is -0.325 e. The number of aromatic nitrogens is 4. The maximum Gasteiger partial charge on any atom is 0.272 e. The molecule has 7 nitrogen and oxygen atoms in total. The number of fused-ring (bicyclic) bond motifs is 1. The van der Waals surface area contributed by atoms with E-state index in [2.05, 4.69) is 21.2 Å². The maximum absolute atomic E-state index is 15.2. The van der Waals surface area contributed by atoms with Crippen LogP contribution in [0.25, 0.3) is 33.2 Å². The van der Waals surface area contributed by atoms with Gasteiger partial charge in [0.15, 0.2) is 5.82 Å². The number of aryl methyl sites for hydroxylation is 1. The molecule has 2 aromatic carbocycles. The van der Waals surface area contributed by atoms with E-state index in [1.165, 1.54) is 16.9 Å². The number of nitrogens with two attached hydrogens (primary N) is 1. The molecule has 152 valence electrons. The van der Waals surface area contributed by atoms with E-state index in [0.717, 1.165) is 0 Å². The molecule has 0 fully saturated rings. The molecular formula is C22H14ClFN6O. The molecule has 0 aliphatic heterocycles. The minimum atomic E-state index is -0.774. The summed E-state index contributed by atoms with van der Waals surface area (Å²) in [6, 6.07) is 8.29. The van der Waals surface area contributed by atoms with Gasteiger partial charge in [-0.05, 0) is 23.8 Å². The summed E-state index contributed by atoms with van der Waals surface area (Å²) < 4.78 is 16.6. The first-order valence-corrected chi connectivity index (χ1v) is 9.41. The van der Waals surface area contributed by atoms with Crippen LogP contribution in [0, 0.1) is 29.5 Å². The summed E-state index contributed by atoms with van der Waals surface area (Å²) in [4.78, 5) is 12.1. The Bertz CT molecular complexity index is 1510. The number of aromatic amines is 1. The predicted octanol–water partition coefficient (Wildman–Crippen LogP) is 3.09. The quantitative estimate of drug-likeness (QED) is 0.483. The lowest BCUT2D eigenvalue weighted by atomic mass is 9.94. The third-order valence-electron chi connectivity index (χ3n) is 5.03. The molecule has 0 saturated carbocycles. The Morgan fingerprint density at radius 2 is 2.13 bits per heavy atom. The van der Waals surface area contributed by atoms with Crippen molar-refractivity contribution in [2.45, 2.75) is 6.54 Å². The summed E-state index contributed by atoms with van der Waals surface area (Å²) in [5.74, 6) is 1.60. The molecule has 2 heterocycles. The zero-order valence-corrected chi connectivity index (χ0v) is 17.0. The summed E-state index contributed by atoms with van der Waals surface area (Å²) in [6.07, 6.45) is 7.05. The van der Waals surface area contributed by atoms with Gasteiger partial charge in [-0.15, -0.1) is 6.42 Å². The van der Waals surface area contributed by atoms with Crippen molar-refractivity contribution in [3.63, 3.8) is 0 Å². The lowest BCUT2D eigenvalue weighted by Crippen LogP contribution is -2.13. The lowest BCUT2D eigenvalue weighted by Gasteiger charge is -2.13. The summed E-state index contributed by atoms with van der Waals surface area (Å²) in [6.45, 7) is 0.115. The van der Waals surface area contributed by atoms with Gasteiger partial charge in [-0.1, -0.05) is 23.6 Å². The van der Waals surface area contributed by atoms with Crippen LogP contribution >= 0.6 is 11.6 Å². The number of nitriles is 1. The van der Waals surface area contributed by atoms with E-state index < -0.39 is 5.82 Å². The van der Waals surface area contributed by atoms with Gasteiger partial charge in [-0.25, -0.2) is 9.49 Å². The third-order valence-corrected chi connectivity index (χ3v) is 5.31. The molecule has 0 amide bonds. The van der Waals surface area contributed by atoms with E-state index in [9.17, 15) is 10.1 Å². The van der Waals surface area contributed by atoms with Gasteiger partial charge >= 0.3 is 0 Å². The molecule has 0 atom stereocenters. The molecule has 0 unspecified atom stereocenters. The van der Waals surface area contributed by atoms with Crippen molar-refractivity contribution >= 4 is 22.4 Å². The number of H-pyrrole nitrogens is 1. The van der Waals surface area contributed by atoms with E-state index in [-0.39, 0.29) is 33.8 Å². The van der Waals surface area contributed by atoms with Gasteiger partial charge in [0.2, 0.25) is 0 Å². The highest BCUT2D eigenvalue weighted by molar-refractivity contribution is 6.31. The van der Waals surface area contributed by atoms with Gasteiger partial charge in [0.1, 0.15) is 6.07 Å². The van der Waals surface area contributed by atoms with Crippen molar-refractivity contribution in [3.05, 3.63) is 68.5 Å². The Kier molecular flexibility index (Phi) is 5.04. The van der Waals surface area contributed by atoms with Crippen LogP contribution in [0.15, 0.2) is 35.3 Å². The molecule has 0 aliphatic rings. The average Bonchev–Trinajstić information content (AvgIpc) is 3.16. The zero-order chi connectivity index (χ0) is 22.3. The number of nitrogens with zero attached hydrogens (tertiary/aromatic N) is 4. The predicted molar refractivity (Wildman–Crippen MR) is 116 cm³/mol. The first kappa shape index (κ1) is 20.3. The molecule has 4 rings (SSSR count). The van der Waals surface area contributed by atoms with Crippen LogP contribution in [-0.2, 0) is 13.6 Å². The second kappa shape index (κ2) is 7.69. The first-order valence-electron chi connectivity index (χ1n) is 9.04. The summed E-state index contributed by atoms with van der Waals surface area (Å²) >= 11 is 6.06. The van der Waals surface area contributed by atoms with E-state index >= 15 is 4.39 Å². The monoisotopic (exact) mass is 432 g/mol. The Morgan fingerprint density at radius 3 is 2.81 bits per heavy atom. The van der Waals surface area contributed by atoms with Gasteiger partial charge in [-0.2, -0.15) is 15.5 Å². The normalized spacial score (nSPS) is 10.8. The second-order valence-corrected chi connectivity index (χ2v) is 7.13. The fraction of sp³-hybridized carbons (Fsp3) is 0.0909. The molecule has 0 spiro atoms. The summed E-state index contributed by atoms with van der Waals surface area (Å²) in [5.41, 5.74) is 7.51. The van der Waals surface area contributed by atoms with Gasteiger partial charge in [0.25, 0.3) is 5.56 Å². The molecule has 0 saturated heterocycles. The van der Waals surface area contributed by atoms with Crippen LogP contribution in [0.4, 0.5) is 4.39 Å². The van der Waals surface area contributed by atoms with E-state index in [1.54, 1.807) is 25.2 Å². The van der Waals surface area contributed by atoms with E-state index in [1.807, 2.05) is 6.07 Å². The molecule has 0 aliphatic carbocycles. The topological polar surface area (TPSA) is 113 Å². The Balaban J connectivity index is 2.07. The summed E-state index contributed by atoms with van der Waals surface area (Å²) in [5, 5.41) is 21.1. The van der Waals surface area contributed by atoms with E-state index in [0.29, 0.717) is 33.3 Å². The number of nitrogens with one attached hydrogen (secondary N) is 1. The standard InChI is InChI=1S/C22H14ClFN6O/c1-3-11-7-17(23)20(24)19(15(11)8-25)21-16(10-27-30(21)2)12-4-5-13-14(6-12)18(9-26)28-29-22(13)31/h1,4-7,10H,9,26H2,2H3,(H,29,31). The van der Waals surface area contributed by atoms with Crippen molar-refractivity contribution in [3.8, 4) is 40.8 Å². The first-order chi connectivity index (χ1) is 14.9.